The molecular weight excluding hydrogens is 346 g/mol. The van der Waals surface area contributed by atoms with Gasteiger partial charge in [0.2, 0.25) is 0 Å². The van der Waals surface area contributed by atoms with E-state index in [9.17, 15) is 0 Å². The zero-order valence-electron chi connectivity index (χ0n) is 15.8. The summed E-state index contributed by atoms with van der Waals surface area (Å²) in [5.74, 6) is 2.42. The molecular formula is C20H28ClN5. The van der Waals surface area contributed by atoms with Gasteiger partial charge in [-0.25, -0.2) is 4.98 Å². The largest absolute Gasteiger partial charge is 0.356 e. The first-order valence-corrected chi connectivity index (χ1v) is 9.61. The van der Waals surface area contributed by atoms with E-state index in [0.717, 1.165) is 29.9 Å². The van der Waals surface area contributed by atoms with Crippen LogP contribution < -0.4 is 10.6 Å². The predicted octanol–water partition coefficient (Wildman–Crippen LogP) is 3.59. The average Bonchev–Trinajstić information content (AvgIpc) is 3.29. The van der Waals surface area contributed by atoms with Crippen LogP contribution in [0.3, 0.4) is 0 Å². The van der Waals surface area contributed by atoms with E-state index in [0.29, 0.717) is 12.5 Å². The van der Waals surface area contributed by atoms with Crippen LogP contribution in [0.5, 0.6) is 0 Å². The zero-order chi connectivity index (χ0) is 18.6. The van der Waals surface area contributed by atoms with Crippen molar-refractivity contribution in [1.29, 1.82) is 0 Å². The van der Waals surface area contributed by atoms with Gasteiger partial charge in [-0.05, 0) is 36.5 Å². The summed E-state index contributed by atoms with van der Waals surface area (Å²) in [5.41, 5.74) is 1.49. The molecule has 1 aromatic carbocycles. The number of aliphatic imine (C=N–C) groups is 1. The van der Waals surface area contributed by atoms with Crippen molar-refractivity contribution in [3.05, 3.63) is 53.1 Å². The van der Waals surface area contributed by atoms with Crippen LogP contribution in [0.25, 0.3) is 0 Å². The summed E-state index contributed by atoms with van der Waals surface area (Å²) in [5, 5.41) is 7.65. The Morgan fingerprint density at radius 2 is 2.15 bits per heavy atom. The first-order chi connectivity index (χ1) is 12.5. The minimum absolute atomic E-state index is 0.179. The third-order valence-corrected chi connectivity index (χ3v) is 5.12. The van der Waals surface area contributed by atoms with Crippen LogP contribution in [0, 0.1) is 5.92 Å². The summed E-state index contributed by atoms with van der Waals surface area (Å²) in [7, 11) is 1.80. The smallest absolute Gasteiger partial charge is 0.191 e. The lowest BCUT2D eigenvalue weighted by molar-refractivity contribution is 0.503. The van der Waals surface area contributed by atoms with Crippen molar-refractivity contribution in [3.63, 3.8) is 0 Å². The van der Waals surface area contributed by atoms with Crippen LogP contribution in [-0.4, -0.2) is 29.1 Å². The van der Waals surface area contributed by atoms with Crippen LogP contribution in [0.15, 0.2) is 41.7 Å². The van der Waals surface area contributed by atoms with Gasteiger partial charge < -0.3 is 15.2 Å². The van der Waals surface area contributed by atoms with Gasteiger partial charge in [-0.3, -0.25) is 4.99 Å². The molecule has 0 radical (unpaired) electrons. The van der Waals surface area contributed by atoms with E-state index in [2.05, 4.69) is 51.2 Å². The number of benzene rings is 1. The molecule has 1 aromatic heterocycles. The third kappa shape index (κ3) is 4.58. The molecule has 1 heterocycles. The first kappa shape index (κ1) is 18.8. The fraction of sp³-hybridized carbons (Fsp3) is 0.500. The van der Waals surface area contributed by atoms with Crippen molar-refractivity contribution in [2.75, 3.05) is 13.6 Å². The van der Waals surface area contributed by atoms with Crippen LogP contribution in [0.1, 0.15) is 38.1 Å². The lowest BCUT2D eigenvalue weighted by atomic mass is 9.96. The number of nitrogens with zero attached hydrogens (tertiary/aromatic N) is 3. The quantitative estimate of drug-likeness (QED) is 0.576. The predicted molar refractivity (Wildman–Crippen MR) is 108 cm³/mol. The highest BCUT2D eigenvalue weighted by molar-refractivity contribution is 6.30. The Morgan fingerprint density at radius 1 is 1.35 bits per heavy atom. The van der Waals surface area contributed by atoms with Gasteiger partial charge in [-0.1, -0.05) is 37.6 Å². The summed E-state index contributed by atoms with van der Waals surface area (Å²) in [6.07, 6.45) is 6.24. The van der Waals surface area contributed by atoms with Gasteiger partial charge in [-0.15, -0.1) is 0 Å². The van der Waals surface area contributed by atoms with E-state index in [4.69, 9.17) is 11.6 Å². The van der Waals surface area contributed by atoms with Crippen molar-refractivity contribution >= 4 is 17.6 Å². The molecule has 0 bridgehead atoms. The molecule has 0 saturated heterocycles. The molecule has 0 aliphatic heterocycles. The molecule has 0 unspecified atom stereocenters. The van der Waals surface area contributed by atoms with Gasteiger partial charge in [0.15, 0.2) is 5.96 Å². The summed E-state index contributed by atoms with van der Waals surface area (Å²) >= 11 is 6.16. The van der Waals surface area contributed by atoms with E-state index in [1.54, 1.807) is 7.05 Å². The highest BCUT2D eigenvalue weighted by Gasteiger charge is 2.44. The Balaban J connectivity index is 1.55. The summed E-state index contributed by atoms with van der Waals surface area (Å²) in [6, 6.07) is 8.20. The van der Waals surface area contributed by atoms with Crippen molar-refractivity contribution in [1.82, 2.24) is 20.2 Å². The zero-order valence-corrected chi connectivity index (χ0v) is 16.6. The van der Waals surface area contributed by atoms with Gasteiger partial charge in [0.25, 0.3) is 0 Å². The standard InChI is InChI=1S/C20H28ClN5/c1-15(2)13-26-10-9-23-18(26)12-24-19(22-3)25-14-20(7-8-20)16-5-4-6-17(21)11-16/h4-6,9-11,15H,7-8,12-14H2,1-3H3,(H2,22,24,25). The fourth-order valence-electron chi connectivity index (χ4n) is 3.24. The monoisotopic (exact) mass is 373 g/mol. The Morgan fingerprint density at radius 3 is 2.81 bits per heavy atom. The number of aromatic nitrogens is 2. The molecule has 0 atom stereocenters. The molecule has 0 amide bonds. The van der Waals surface area contributed by atoms with Gasteiger partial charge >= 0.3 is 0 Å². The molecule has 1 fully saturated rings. The number of guanidine groups is 1. The average molecular weight is 374 g/mol. The summed E-state index contributed by atoms with van der Waals surface area (Å²) in [4.78, 5) is 8.81. The van der Waals surface area contributed by atoms with E-state index >= 15 is 0 Å². The molecule has 1 aliphatic rings. The Hall–Kier alpha value is -2.01. The van der Waals surface area contributed by atoms with Crippen molar-refractivity contribution in [2.24, 2.45) is 10.9 Å². The number of rotatable bonds is 7. The minimum Gasteiger partial charge on any atom is -0.356 e. The fourth-order valence-corrected chi connectivity index (χ4v) is 3.43. The van der Waals surface area contributed by atoms with Crippen LogP contribution in [0.2, 0.25) is 5.02 Å². The van der Waals surface area contributed by atoms with Gasteiger partial charge in [0, 0.05) is 43.0 Å². The second-order valence-corrected chi connectivity index (χ2v) is 7.90. The van der Waals surface area contributed by atoms with Crippen molar-refractivity contribution < 1.29 is 0 Å². The normalized spacial score (nSPS) is 16.0. The van der Waals surface area contributed by atoms with E-state index in [1.807, 2.05) is 24.5 Å². The Bertz CT molecular complexity index is 761. The summed E-state index contributed by atoms with van der Waals surface area (Å²) < 4.78 is 2.19. The van der Waals surface area contributed by atoms with Crippen molar-refractivity contribution in [3.8, 4) is 0 Å². The van der Waals surface area contributed by atoms with Gasteiger partial charge in [0.1, 0.15) is 5.82 Å². The summed E-state index contributed by atoms with van der Waals surface area (Å²) in [6.45, 7) is 6.91. The molecule has 0 spiro atoms. The molecule has 2 N–H and O–H groups in total. The van der Waals surface area contributed by atoms with Crippen LogP contribution in [0.4, 0.5) is 0 Å². The number of halogens is 1. The molecule has 140 valence electrons. The van der Waals surface area contributed by atoms with E-state index in [1.165, 1.54) is 18.4 Å². The van der Waals surface area contributed by atoms with Gasteiger partial charge in [-0.2, -0.15) is 0 Å². The number of hydrogen-bond acceptors (Lipinski definition) is 2. The molecule has 5 nitrogen and oxygen atoms in total. The second-order valence-electron chi connectivity index (χ2n) is 7.46. The maximum Gasteiger partial charge on any atom is 0.191 e. The number of hydrogen-bond donors (Lipinski definition) is 2. The second kappa shape index (κ2) is 8.12. The maximum absolute atomic E-state index is 6.16. The first-order valence-electron chi connectivity index (χ1n) is 9.23. The van der Waals surface area contributed by atoms with Gasteiger partial charge in [0.05, 0.1) is 6.54 Å². The lowest BCUT2D eigenvalue weighted by Gasteiger charge is -2.19. The Kier molecular flexibility index (Phi) is 5.87. The number of nitrogens with one attached hydrogen (secondary N) is 2. The highest BCUT2D eigenvalue weighted by Crippen LogP contribution is 2.48. The molecule has 6 heteroatoms. The lowest BCUT2D eigenvalue weighted by Crippen LogP contribution is -2.41. The highest BCUT2D eigenvalue weighted by atomic mass is 35.5. The van der Waals surface area contributed by atoms with E-state index < -0.39 is 0 Å². The van der Waals surface area contributed by atoms with Crippen molar-refractivity contribution in [2.45, 2.75) is 45.2 Å². The third-order valence-electron chi connectivity index (χ3n) is 4.89. The van der Waals surface area contributed by atoms with E-state index in [-0.39, 0.29) is 5.41 Å². The number of imidazole rings is 1. The molecule has 1 saturated carbocycles. The SMILES string of the molecule is CN=C(NCc1nccn1CC(C)C)NCC1(c2cccc(Cl)c2)CC1. The maximum atomic E-state index is 6.16. The molecule has 3 rings (SSSR count). The molecule has 1 aliphatic carbocycles. The van der Waals surface area contributed by atoms with Crippen LogP contribution in [-0.2, 0) is 18.5 Å². The Labute approximate surface area is 160 Å². The molecule has 26 heavy (non-hydrogen) atoms. The molecule has 2 aromatic rings. The topological polar surface area (TPSA) is 54.2 Å². The minimum atomic E-state index is 0.179. The van der Waals surface area contributed by atoms with Crippen LogP contribution >= 0.6 is 11.6 Å².